The van der Waals surface area contributed by atoms with Gasteiger partial charge in [-0.25, -0.2) is 0 Å². The molecule has 1 fully saturated rings. The predicted molar refractivity (Wildman–Crippen MR) is 112 cm³/mol. The highest BCUT2D eigenvalue weighted by atomic mass is 16.7. The average Bonchev–Trinajstić information content (AvgIpc) is 3.05. The van der Waals surface area contributed by atoms with Gasteiger partial charge in [0.05, 0.1) is 19.8 Å². The lowest BCUT2D eigenvalue weighted by molar-refractivity contribution is -0.210. The summed E-state index contributed by atoms with van der Waals surface area (Å²) in [4.78, 5) is 11.6. The van der Waals surface area contributed by atoms with Crippen molar-refractivity contribution in [2.45, 2.75) is 57.6 Å². The summed E-state index contributed by atoms with van der Waals surface area (Å²) in [6.45, 7) is 4.49. The third kappa shape index (κ3) is 5.46. The van der Waals surface area contributed by atoms with Crippen molar-refractivity contribution in [2.24, 2.45) is 0 Å². The Morgan fingerprint density at radius 3 is 2.13 bits per heavy atom. The minimum atomic E-state index is -0.853. The molecular formula is C24H30O6. The van der Waals surface area contributed by atoms with Crippen molar-refractivity contribution in [2.75, 3.05) is 13.7 Å². The zero-order chi connectivity index (χ0) is 21.4. The molecule has 30 heavy (non-hydrogen) atoms. The van der Waals surface area contributed by atoms with Crippen LogP contribution in [0.3, 0.4) is 0 Å². The Morgan fingerprint density at radius 2 is 1.60 bits per heavy atom. The molecule has 0 aromatic heterocycles. The Labute approximate surface area is 178 Å². The summed E-state index contributed by atoms with van der Waals surface area (Å²) in [7, 11) is 1.57. The number of rotatable bonds is 10. The van der Waals surface area contributed by atoms with E-state index in [9.17, 15) is 4.79 Å². The van der Waals surface area contributed by atoms with Gasteiger partial charge in [-0.3, -0.25) is 4.79 Å². The summed E-state index contributed by atoms with van der Waals surface area (Å²) in [6.07, 6.45) is -1.27. The summed E-state index contributed by atoms with van der Waals surface area (Å²) in [5.41, 5.74) is 1.31. The maximum Gasteiger partial charge on any atom is 0.305 e. The zero-order valence-corrected chi connectivity index (χ0v) is 17.8. The number of hydrogen-bond acceptors (Lipinski definition) is 6. The Hall–Kier alpha value is -2.25. The van der Waals surface area contributed by atoms with E-state index in [0.29, 0.717) is 19.6 Å². The van der Waals surface area contributed by atoms with Crippen molar-refractivity contribution in [3.63, 3.8) is 0 Å². The normalized spacial score (nSPS) is 25.9. The fourth-order valence-corrected chi connectivity index (χ4v) is 3.72. The van der Waals surface area contributed by atoms with E-state index in [1.165, 1.54) is 6.92 Å². The van der Waals surface area contributed by atoms with Gasteiger partial charge in [-0.15, -0.1) is 0 Å². The van der Waals surface area contributed by atoms with Gasteiger partial charge in [0, 0.05) is 14.0 Å². The Kier molecular flexibility index (Phi) is 7.99. The lowest BCUT2D eigenvalue weighted by atomic mass is 9.93. The van der Waals surface area contributed by atoms with Gasteiger partial charge >= 0.3 is 5.97 Å². The molecule has 0 radical (unpaired) electrons. The molecule has 4 atom stereocenters. The van der Waals surface area contributed by atoms with Crippen LogP contribution in [-0.4, -0.2) is 43.8 Å². The van der Waals surface area contributed by atoms with Crippen molar-refractivity contribution >= 4 is 5.97 Å². The standard InChI is InChI=1S/C24H30O6/c1-4-24(17-27-15-19-11-7-5-8-12-19)22(28-16-20-13-9-6-10-14-20)21(26-3)23(30-24)29-18(2)25/h5-14,21-23H,4,15-17H2,1-3H3. The lowest BCUT2D eigenvalue weighted by Crippen LogP contribution is -2.48. The second-order valence-corrected chi connectivity index (χ2v) is 7.41. The molecule has 162 valence electrons. The molecule has 3 rings (SSSR count). The van der Waals surface area contributed by atoms with Crippen LogP contribution in [0.15, 0.2) is 60.7 Å². The van der Waals surface area contributed by atoms with E-state index in [2.05, 4.69) is 0 Å². The minimum absolute atomic E-state index is 0.287. The fraction of sp³-hybridized carbons (Fsp3) is 0.458. The summed E-state index contributed by atoms with van der Waals surface area (Å²) in [5, 5.41) is 0. The maximum absolute atomic E-state index is 11.6. The highest BCUT2D eigenvalue weighted by molar-refractivity contribution is 5.66. The van der Waals surface area contributed by atoms with Crippen molar-refractivity contribution in [1.29, 1.82) is 0 Å². The number of carbonyl (C=O) groups excluding carboxylic acids is 1. The topological polar surface area (TPSA) is 63.2 Å². The van der Waals surface area contributed by atoms with Crippen LogP contribution >= 0.6 is 0 Å². The van der Waals surface area contributed by atoms with Gasteiger partial charge in [-0.1, -0.05) is 67.6 Å². The Balaban J connectivity index is 1.76. The van der Waals surface area contributed by atoms with Crippen molar-refractivity contribution in [3.05, 3.63) is 71.8 Å². The molecule has 0 amide bonds. The molecule has 2 aromatic rings. The van der Waals surface area contributed by atoms with Crippen molar-refractivity contribution in [1.82, 2.24) is 0 Å². The molecule has 2 aromatic carbocycles. The first kappa shape index (κ1) is 22.4. The van der Waals surface area contributed by atoms with Gasteiger partial charge in [0.25, 0.3) is 0 Å². The molecule has 6 nitrogen and oxygen atoms in total. The largest absolute Gasteiger partial charge is 0.433 e. The Bertz CT molecular complexity index is 781. The van der Waals surface area contributed by atoms with E-state index in [-0.39, 0.29) is 6.61 Å². The summed E-state index contributed by atoms with van der Waals surface area (Å²) >= 11 is 0. The van der Waals surface area contributed by atoms with Gasteiger partial charge in [-0.2, -0.15) is 0 Å². The first-order valence-electron chi connectivity index (χ1n) is 10.2. The van der Waals surface area contributed by atoms with Crippen LogP contribution in [0.1, 0.15) is 31.4 Å². The zero-order valence-electron chi connectivity index (χ0n) is 17.8. The second-order valence-electron chi connectivity index (χ2n) is 7.41. The molecule has 1 saturated heterocycles. The summed E-state index contributed by atoms with van der Waals surface area (Å²) < 4.78 is 29.6. The molecule has 0 spiro atoms. The second kappa shape index (κ2) is 10.7. The van der Waals surface area contributed by atoms with Gasteiger partial charge in [-0.05, 0) is 17.5 Å². The third-order valence-corrected chi connectivity index (χ3v) is 5.32. The fourth-order valence-electron chi connectivity index (χ4n) is 3.72. The van der Waals surface area contributed by atoms with E-state index in [4.69, 9.17) is 23.7 Å². The highest BCUT2D eigenvalue weighted by Crippen LogP contribution is 2.39. The predicted octanol–water partition coefficient (Wildman–Crippen LogP) is 3.87. The van der Waals surface area contributed by atoms with Crippen LogP contribution in [0.5, 0.6) is 0 Å². The molecule has 6 heteroatoms. The third-order valence-electron chi connectivity index (χ3n) is 5.32. The molecule has 1 aliphatic heterocycles. The number of carbonyl (C=O) groups is 1. The van der Waals surface area contributed by atoms with E-state index < -0.39 is 30.1 Å². The molecule has 0 aliphatic carbocycles. The average molecular weight is 414 g/mol. The van der Waals surface area contributed by atoms with Gasteiger partial charge in [0.2, 0.25) is 6.29 Å². The number of benzene rings is 2. The maximum atomic E-state index is 11.6. The molecule has 1 aliphatic rings. The number of esters is 1. The van der Waals surface area contributed by atoms with Crippen LogP contribution in [0.2, 0.25) is 0 Å². The molecule has 1 heterocycles. The Morgan fingerprint density at radius 1 is 1.00 bits per heavy atom. The smallest absolute Gasteiger partial charge is 0.305 e. The molecular weight excluding hydrogens is 384 g/mol. The van der Waals surface area contributed by atoms with Crippen LogP contribution in [-0.2, 0) is 41.7 Å². The first-order valence-corrected chi connectivity index (χ1v) is 10.2. The van der Waals surface area contributed by atoms with E-state index in [0.717, 1.165) is 11.1 Å². The van der Waals surface area contributed by atoms with Gasteiger partial charge < -0.3 is 23.7 Å². The molecule has 0 N–H and O–H groups in total. The quantitative estimate of drug-likeness (QED) is 0.550. The van der Waals surface area contributed by atoms with Gasteiger partial charge in [0.15, 0.2) is 0 Å². The van der Waals surface area contributed by atoms with E-state index >= 15 is 0 Å². The van der Waals surface area contributed by atoms with Crippen molar-refractivity contribution < 1.29 is 28.5 Å². The number of hydrogen-bond donors (Lipinski definition) is 0. The molecule has 0 saturated carbocycles. The first-order chi connectivity index (χ1) is 14.6. The number of methoxy groups -OCH3 is 1. The van der Waals surface area contributed by atoms with Crippen LogP contribution in [0.25, 0.3) is 0 Å². The van der Waals surface area contributed by atoms with Crippen LogP contribution in [0.4, 0.5) is 0 Å². The molecule has 0 bridgehead atoms. The van der Waals surface area contributed by atoms with E-state index in [1.807, 2.05) is 67.6 Å². The van der Waals surface area contributed by atoms with Crippen LogP contribution in [0, 0.1) is 0 Å². The SMILES string of the molecule is CCC1(COCc2ccccc2)OC(OC(C)=O)C(OC)C1OCc1ccccc1. The lowest BCUT2D eigenvalue weighted by Gasteiger charge is -2.33. The monoisotopic (exact) mass is 414 g/mol. The summed E-state index contributed by atoms with van der Waals surface area (Å²) in [5.74, 6) is -0.430. The van der Waals surface area contributed by atoms with Gasteiger partial charge in [0.1, 0.15) is 17.8 Å². The van der Waals surface area contributed by atoms with E-state index in [1.54, 1.807) is 7.11 Å². The number of ether oxygens (including phenoxy) is 5. The molecule has 4 unspecified atom stereocenters. The minimum Gasteiger partial charge on any atom is -0.433 e. The van der Waals surface area contributed by atoms with Crippen LogP contribution < -0.4 is 0 Å². The summed E-state index contributed by atoms with van der Waals surface area (Å²) in [6, 6.07) is 19.8. The van der Waals surface area contributed by atoms with Crippen molar-refractivity contribution in [3.8, 4) is 0 Å². The highest BCUT2D eigenvalue weighted by Gasteiger charge is 2.57.